The van der Waals surface area contributed by atoms with Crippen molar-refractivity contribution in [3.05, 3.63) is 71.8 Å². The predicted octanol–water partition coefficient (Wildman–Crippen LogP) is 3.92. The lowest BCUT2D eigenvalue weighted by molar-refractivity contribution is 1.22. The largest absolute Gasteiger partial charge is 0.155 e. The molecule has 0 aliphatic rings. The molecule has 18 heavy (non-hydrogen) atoms. The Labute approximate surface area is 108 Å². The van der Waals surface area contributed by atoms with Crippen LogP contribution >= 0.6 is 0 Å². The first-order chi connectivity index (χ1) is 8.77. The van der Waals surface area contributed by atoms with E-state index in [9.17, 15) is 0 Å². The van der Waals surface area contributed by atoms with E-state index in [4.69, 9.17) is 0 Å². The molecule has 0 bridgehead atoms. The number of rotatable bonds is 3. The molecule has 2 rings (SSSR count). The number of hydrogen-bond acceptors (Lipinski definition) is 2. The smallest absolute Gasteiger partial charge is 0.0671 e. The summed E-state index contributed by atoms with van der Waals surface area (Å²) in [7, 11) is 0. The standard InChI is InChI=1S/C16H16N2/c1-13(15-9-5-3-6-10-15)17-18-14(2)16-11-7-4-8-12-16/h3-12H,1-2H3/b17-13-,18-14+. The molecule has 0 fully saturated rings. The van der Waals surface area contributed by atoms with Gasteiger partial charge in [0.2, 0.25) is 0 Å². The van der Waals surface area contributed by atoms with Crippen molar-refractivity contribution in [1.82, 2.24) is 0 Å². The highest BCUT2D eigenvalue weighted by Crippen LogP contribution is 2.04. The van der Waals surface area contributed by atoms with Crippen molar-refractivity contribution < 1.29 is 0 Å². The Kier molecular flexibility index (Phi) is 4.02. The van der Waals surface area contributed by atoms with Gasteiger partial charge in [-0.15, -0.1) is 0 Å². The van der Waals surface area contributed by atoms with Crippen molar-refractivity contribution in [1.29, 1.82) is 0 Å². The molecule has 0 N–H and O–H groups in total. The maximum absolute atomic E-state index is 4.28. The SMILES string of the molecule is C/C(=N/N=C(\C)c1ccccc1)c1ccccc1. The fourth-order valence-electron chi connectivity index (χ4n) is 1.62. The van der Waals surface area contributed by atoms with Gasteiger partial charge >= 0.3 is 0 Å². The molecule has 0 saturated heterocycles. The highest BCUT2D eigenvalue weighted by molar-refractivity contribution is 6.01. The lowest BCUT2D eigenvalue weighted by Gasteiger charge is -1.99. The normalized spacial score (nSPS) is 12.6. The topological polar surface area (TPSA) is 24.7 Å². The molecule has 0 aliphatic heterocycles. The van der Waals surface area contributed by atoms with Gasteiger partial charge in [0, 0.05) is 0 Å². The number of benzene rings is 2. The Morgan fingerprint density at radius 2 is 0.944 bits per heavy atom. The van der Waals surface area contributed by atoms with Crippen molar-refractivity contribution in [3.8, 4) is 0 Å². The fraction of sp³-hybridized carbons (Fsp3) is 0.125. The second-order valence-corrected chi connectivity index (χ2v) is 4.10. The summed E-state index contributed by atoms with van der Waals surface area (Å²) in [6.45, 7) is 3.94. The molecule has 0 spiro atoms. The van der Waals surface area contributed by atoms with Crippen molar-refractivity contribution in [2.75, 3.05) is 0 Å². The molecule has 0 unspecified atom stereocenters. The first kappa shape index (κ1) is 12.2. The maximum atomic E-state index is 4.28. The second kappa shape index (κ2) is 5.92. The molecule has 0 saturated carbocycles. The Morgan fingerprint density at radius 3 is 1.28 bits per heavy atom. The van der Waals surface area contributed by atoms with Crippen LogP contribution in [-0.2, 0) is 0 Å². The molecular weight excluding hydrogens is 220 g/mol. The molecule has 0 amide bonds. The van der Waals surface area contributed by atoms with Gasteiger partial charge < -0.3 is 0 Å². The Hall–Kier alpha value is -2.22. The molecule has 0 aliphatic carbocycles. The van der Waals surface area contributed by atoms with E-state index in [1.807, 2.05) is 74.5 Å². The van der Waals surface area contributed by atoms with Crippen molar-refractivity contribution in [2.24, 2.45) is 10.2 Å². The predicted molar refractivity (Wildman–Crippen MR) is 77.3 cm³/mol. The molecule has 90 valence electrons. The van der Waals surface area contributed by atoms with Crippen LogP contribution in [0, 0.1) is 0 Å². The molecule has 0 aromatic heterocycles. The van der Waals surface area contributed by atoms with E-state index in [1.165, 1.54) is 0 Å². The summed E-state index contributed by atoms with van der Waals surface area (Å²) in [4.78, 5) is 0. The zero-order chi connectivity index (χ0) is 12.8. The third-order valence-electron chi connectivity index (χ3n) is 2.73. The Morgan fingerprint density at radius 1 is 0.611 bits per heavy atom. The summed E-state index contributed by atoms with van der Waals surface area (Å²) in [6.07, 6.45) is 0. The average Bonchev–Trinajstić information content (AvgIpc) is 2.46. The summed E-state index contributed by atoms with van der Waals surface area (Å²) in [5, 5.41) is 8.55. The van der Waals surface area contributed by atoms with Crippen LogP contribution in [0.25, 0.3) is 0 Å². The minimum absolute atomic E-state index is 0.922. The molecule has 2 aromatic rings. The summed E-state index contributed by atoms with van der Waals surface area (Å²) in [5.41, 5.74) is 4.04. The lowest BCUT2D eigenvalue weighted by atomic mass is 10.1. The second-order valence-electron chi connectivity index (χ2n) is 4.10. The van der Waals surface area contributed by atoms with Crippen LogP contribution < -0.4 is 0 Å². The Bertz CT molecular complexity index is 501. The van der Waals surface area contributed by atoms with Crippen molar-refractivity contribution in [3.63, 3.8) is 0 Å². The van der Waals surface area contributed by atoms with Crippen LogP contribution in [0.3, 0.4) is 0 Å². The molecule has 2 nitrogen and oxygen atoms in total. The minimum atomic E-state index is 0.922. The van der Waals surface area contributed by atoms with Crippen LogP contribution in [0.2, 0.25) is 0 Å². The number of nitrogens with zero attached hydrogens (tertiary/aromatic N) is 2. The van der Waals surface area contributed by atoms with Crippen LogP contribution in [0.1, 0.15) is 25.0 Å². The van der Waals surface area contributed by atoms with E-state index < -0.39 is 0 Å². The lowest BCUT2D eigenvalue weighted by Crippen LogP contribution is -1.96. The number of hydrogen-bond donors (Lipinski definition) is 0. The third-order valence-corrected chi connectivity index (χ3v) is 2.73. The fourth-order valence-corrected chi connectivity index (χ4v) is 1.62. The molecule has 2 heteroatoms. The van der Waals surface area contributed by atoms with Crippen molar-refractivity contribution >= 4 is 11.4 Å². The van der Waals surface area contributed by atoms with E-state index >= 15 is 0 Å². The highest BCUT2D eigenvalue weighted by Gasteiger charge is 1.97. The van der Waals surface area contributed by atoms with Gasteiger partial charge in [-0.25, -0.2) is 0 Å². The molecule has 0 atom stereocenters. The van der Waals surface area contributed by atoms with Gasteiger partial charge in [-0.05, 0) is 25.0 Å². The third kappa shape index (κ3) is 3.14. The van der Waals surface area contributed by atoms with Crippen LogP contribution in [0.5, 0.6) is 0 Å². The average molecular weight is 236 g/mol. The van der Waals surface area contributed by atoms with Gasteiger partial charge in [0.25, 0.3) is 0 Å². The summed E-state index contributed by atoms with van der Waals surface area (Å²) in [5.74, 6) is 0. The first-order valence-electron chi connectivity index (χ1n) is 5.97. The van der Waals surface area contributed by atoms with E-state index in [1.54, 1.807) is 0 Å². The molecule has 0 heterocycles. The van der Waals surface area contributed by atoms with Gasteiger partial charge in [-0.3, -0.25) is 0 Å². The maximum Gasteiger partial charge on any atom is 0.0671 e. The molecular formula is C16H16N2. The highest BCUT2D eigenvalue weighted by atomic mass is 15.2. The van der Waals surface area contributed by atoms with E-state index in [2.05, 4.69) is 10.2 Å². The zero-order valence-electron chi connectivity index (χ0n) is 10.7. The van der Waals surface area contributed by atoms with E-state index in [-0.39, 0.29) is 0 Å². The molecule has 0 radical (unpaired) electrons. The monoisotopic (exact) mass is 236 g/mol. The van der Waals surface area contributed by atoms with Crippen molar-refractivity contribution in [2.45, 2.75) is 13.8 Å². The summed E-state index contributed by atoms with van der Waals surface area (Å²) >= 11 is 0. The minimum Gasteiger partial charge on any atom is -0.155 e. The van der Waals surface area contributed by atoms with Gasteiger partial charge in [0.15, 0.2) is 0 Å². The van der Waals surface area contributed by atoms with Gasteiger partial charge in [-0.2, -0.15) is 10.2 Å². The summed E-state index contributed by atoms with van der Waals surface area (Å²) < 4.78 is 0. The first-order valence-corrected chi connectivity index (χ1v) is 5.97. The van der Waals surface area contributed by atoms with Crippen LogP contribution in [0.15, 0.2) is 70.9 Å². The van der Waals surface area contributed by atoms with Gasteiger partial charge in [0.05, 0.1) is 11.4 Å². The van der Waals surface area contributed by atoms with E-state index in [0.717, 1.165) is 22.6 Å². The van der Waals surface area contributed by atoms with Crippen LogP contribution in [-0.4, -0.2) is 11.4 Å². The Balaban J connectivity index is 2.20. The van der Waals surface area contributed by atoms with Gasteiger partial charge in [-0.1, -0.05) is 60.7 Å². The summed E-state index contributed by atoms with van der Waals surface area (Å²) in [6, 6.07) is 20.1. The molecule has 2 aromatic carbocycles. The quantitative estimate of drug-likeness (QED) is 0.570. The van der Waals surface area contributed by atoms with Crippen LogP contribution in [0.4, 0.5) is 0 Å². The van der Waals surface area contributed by atoms with E-state index in [0.29, 0.717) is 0 Å². The van der Waals surface area contributed by atoms with Gasteiger partial charge in [0.1, 0.15) is 0 Å². The zero-order valence-corrected chi connectivity index (χ0v) is 10.7.